The quantitative estimate of drug-likeness (QED) is 0.402. The first-order valence-corrected chi connectivity index (χ1v) is 1.11. The Kier molecular flexibility index (Phi) is 13.7. The third-order valence-electron chi connectivity index (χ3n) is 0.183. The van der Waals surface area contributed by atoms with Crippen molar-refractivity contribution in [3.05, 3.63) is 0 Å². The summed E-state index contributed by atoms with van der Waals surface area (Å²) >= 11 is 0. The summed E-state index contributed by atoms with van der Waals surface area (Å²) in [6.07, 6.45) is 0. The predicted octanol–water partition coefficient (Wildman–Crippen LogP) is -0.849. The van der Waals surface area contributed by atoms with Crippen molar-refractivity contribution in [2.24, 2.45) is 0 Å². The van der Waals surface area contributed by atoms with Gasteiger partial charge in [-0.15, -0.1) is 0 Å². The van der Waals surface area contributed by atoms with E-state index < -0.39 is 11.9 Å². The third-order valence-corrected chi connectivity index (χ3v) is 0.183. The Balaban J connectivity index is -0.000000125. The molecule has 8 heavy (non-hydrogen) atoms. The monoisotopic (exact) mass is 208 g/mol. The maximum atomic E-state index is 9.10. The van der Waals surface area contributed by atoms with Crippen molar-refractivity contribution in [1.82, 2.24) is 0 Å². The number of hydrogen-bond donors (Lipinski definition) is 2. The van der Waals surface area contributed by atoms with Crippen LogP contribution in [0.3, 0.4) is 0 Å². The summed E-state index contributed by atoms with van der Waals surface area (Å²) in [5.41, 5.74) is 0. The van der Waals surface area contributed by atoms with Crippen molar-refractivity contribution in [1.29, 1.82) is 0 Å². The van der Waals surface area contributed by atoms with Crippen LogP contribution in [0.25, 0.3) is 0 Å². The number of rotatable bonds is 0. The maximum Gasteiger partial charge on any atom is 0.414 e. The van der Waals surface area contributed by atoms with E-state index in [1.54, 1.807) is 0 Å². The van der Waals surface area contributed by atoms with Crippen molar-refractivity contribution in [3.8, 4) is 0 Å². The van der Waals surface area contributed by atoms with Crippen LogP contribution < -0.4 is 0 Å². The fourth-order valence-electron chi connectivity index (χ4n) is 0. The number of carboxylic acids is 2. The van der Waals surface area contributed by atoms with Crippen LogP contribution >= 0.6 is 0 Å². The average molecular weight is 209 g/mol. The van der Waals surface area contributed by atoms with E-state index in [0.29, 0.717) is 0 Å². The van der Waals surface area contributed by atoms with E-state index in [-0.39, 0.29) is 34.1 Å². The molecule has 0 aromatic heterocycles. The zero-order valence-corrected chi connectivity index (χ0v) is 5.51. The van der Waals surface area contributed by atoms with E-state index in [1.165, 1.54) is 0 Å². The van der Waals surface area contributed by atoms with Gasteiger partial charge in [-0.1, -0.05) is 0 Å². The van der Waals surface area contributed by atoms with Crippen molar-refractivity contribution >= 4 is 11.9 Å². The molecule has 0 spiro atoms. The molecule has 0 aliphatic rings. The second-order valence-corrected chi connectivity index (χ2v) is 0.610. The van der Waals surface area contributed by atoms with E-state index in [1.807, 2.05) is 0 Å². The van der Waals surface area contributed by atoms with Gasteiger partial charge < -0.3 is 10.2 Å². The molecule has 0 atom stereocenters. The Bertz CT molecular complexity index is 80.0. The van der Waals surface area contributed by atoms with Crippen LogP contribution in [0.1, 0.15) is 0 Å². The first kappa shape index (κ1) is 15.7. The van der Waals surface area contributed by atoms with Gasteiger partial charge in [-0.2, -0.15) is 0 Å². The second kappa shape index (κ2) is 6.98. The van der Waals surface area contributed by atoms with Crippen molar-refractivity contribution in [2.75, 3.05) is 0 Å². The molecule has 0 aromatic rings. The zero-order valence-electron chi connectivity index (χ0n) is 3.39. The van der Waals surface area contributed by atoms with E-state index in [9.17, 15) is 0 Å². The molecule has 0 fully saturated rings. The molecule has 2 N–H and O–H groups in total. The minimum Gasteiger partial charge on any atom is -0.473 e. The van der Waals surface area contributed by atoms with E-state index >= 15 is 0 Å². The van der Waals surface area contributed by atoms with Gasteiger partial charge in [0, 0.05) is 34.1 Å². The molecule has 0 saturated heterocycles. The van der Waals surface area contributed by atoms with E-state index in [2.05, 4.69) is 0 Å². The van der Waals surface area contributed by atoms with Crippen LogP contribution in [0.15, 0.2) is 0 Å². The van der Waals surface area contributed by atoms with Gasteiger partial charge in [-0.05, 0) is 0 Å². The number of hydrogen-bond acceptors (Lipinski definition) is 2. The smallest absolute Gasteiger partial charge is 0.414 e. The summed E-state index contributed by atoms with van der Waals surface area (Å²) in [6.45, 7) is 0. The van der Waals surface area contributed by atoms with Gasteiger partial charge in [0.05, 0.1) is 0 Å². The SMILES string of the molecule is O=C(O)C(=O)O.[Cu].[Mn]. The molecule has 52 valence electrons. The molecule has 0 heterocycles. The molecule has 0 unspecified atom stereocenters. The van der Waals surface area contributed by atoms with Gasteiger partial charge in [0.15, 0.2) is 0 Å². The Morgan fingerprint density at radius 1 is 1.00 bits per heavy atom. The normalized spacial score (nSPS) is 5.50. The summed E-state index contributed by atoms with van der Waals surface area (Å²) < 4.78 is 0. The first-order valence-electron chi connectivity index (χ1n) is 1.11. The van der Waals surface area contributed by atoms with Gasteiger partial charge in [-0.25, -0.2) is 9.59 Å². The summed E-state index contributed by atoms with van der Waals surface area (Å²) in [4.78, 5) is 18.2. The molecule has 0 amide bonds. The molecule has 4 nitrogen and oxygen atoms in total. The van der Waals surface area contributed by atoms with Crippen LogP contribution in [-0.2, 0) is 43.7 Å². The number of carbonyl (C=O) groups is 2. The van der Waals surface area contributed by atoms with E-state index in [0.717, 1.165) is 0 Å². The second-order valence-electron chi connectivity index (χ2n) is 0.610. The first-order chi connectivity index (χ1) is 2.64. The van der Waals surface area contributed by atoms with Crippen molar-refractivity contribution in [2.45, 2.75) is 0 Å². The summed E-state index contributed by atoms with van der Waals surface area (Å²) in [7, 11) is 0. The number of carboxylic acid groups (broad SMARTS) is 2. The number of aliphatic carboxylic acids is 2. The average Bonchev–Trinajstić information content (AvgIpc) is 1.36. The Labute approximate surface area is 66.2 Å². The molecular weight excluding hydrogens is 207 g/mol. The Hall–Kier alpha value is -0.0210. The van der Waals surface area contributed by atoms with Crippen LogP contribution in [0.4, 0.5) is 0 Å². The molecule has 0 rings (SSSR count). The summed E-state index contributed by atoms with van der Waals surface area (Å²) in [5, 5.41) is 14.8. The van der Waals surface area contributed by atoms with Gasteiger partial charge >= 0.3 is 11.9 Å². The Morgan fingerprint density at radius 3 is 1.12 bits per heavy atom. The molecule has 6 heteroatoms. The van der Waals surface area contributed by atoms with Gasteiger partial charge in [-0.3, -0.25) is 0 Å². The van der Waals surface area contributed by atoms with E-state index in [4.69, 9.17) is 19.8 Å². The van der Waals surface area contributed by atoms with Crippen LogP contribution in [-0.4, -0.2) is 22.2 Å². The van der Waals surface area contributed by atoms with Gasteiger partial charge in [0.1, 0.15) is 0 Å². The van der Waals surface area contributed by atoms with Crippen molar-refractivity contribution < 1.29 is 53.9 Å². The molecule has 0 aliphatic heterocycles. The molecular formula is C2H2CuMnO4. The third kappa shape index (κ3) is 9.36. The molecule has 0 aliphatic carbocycles. The molecule has 2 radical (unpaired) electrons. The fraction of sp³-hybridized carbons (Fsp3) is 0. The van der Waals surface area contributed by atoms with Crippen molar-refractivity contribution in [3.63, 3.8) is 0 Å². The largest absolute Gasteiger partial charge is 0.473 e. The van der Waals surface area contributed by atoms with Crippen LogP contribution in [0, 0.1) is 0 Å². The van der Waals surface area contributed by atoms with Gasteiger partial charge in [0.25, 0.3) is 0 Å². The zero-order chi connectivity index (χ0) is 5.15. The predicted molar refractivity (Wildman–Crippen MR) is 15.3 cm³/mol. The van der Waals surface area contributed by atoms with Crippen LogP contribution in [0.2, 0.25) is 0 Å². The molecule has 0 aromatic carbocycles. The fourth-order valence-corrected chi connectivity index (χ4v) is 0. The van der Waals surface area contributed by atoms with Crippen LogP contribution in [0.5, 0.6) is 0 Å². The summed E-state index contributed by atoms with van der Waals surface area (Å²) in [5.74, 6) is -3.65. The minimum atomic E-state index is -1.82. The minimum absolute atomic E-state index is 0. The Morgan fingerprint density at radius 2 is 1.12 bits per heavy atom. The molecule has 0 bridgehead atoms. The topological polar surface area (TPSA) is 74.6 Å². The van der Waals surface area contributed by atoms with Gasteiger partial charge in [0.2, 0.25) is 0 Å². The standard InChI is InChI=1S/C2H2O4.Cu.Mn/c3-1(4)2(5)6;;/h(H,3,4)(H,5,6);;. The summed E-state index contributed by atoms with van der Waals surface area (Å²) in [6, 6.07) is 0. The maximum absolute atomic E-state index is 9.10. The molecule has 0 saturated carbocycles.